The predicted octanol–water partition coefficient (Wildman–Crippen LogP) is 5.05. The molecule has 0 spiro atoms. The number of nitrogens with zero attached hydrogens (tertiary/aromatic N) is 3. The molecule has 9 heteroatoms. The Bertz CT molecular complexity index is 1170. The van der Waals surface area contributed by atoms with Crippen molar-refractivity contribution in [1.82, 2.24) is 14.8 Å². The van der Waals surface area contributed by atoms with Gasteiger partial charge in [0.1, 0.15) is 0 Å². The van der Waals surface area contributed by atoms with Gasteiger partial charge in [0, 0.05) is 11.6 Å². The number of anilines is 1. The minimum absolute atomic E-state index is 0.188. The van der Waals surface area contributed by atoms with Crippen molar-refractivity contribution >= 4 is 22.7 Å². The summed E-state index contributed by atoms with van der Waals surface area (Å²) in [5.41, 5.74) is -0.191. The van der Waals surface area contributed by atoms with E-state index < -0.39 is 23.7 Å². The van der Waals surface area contributed by atoms with Gasteiger partial charge in [-0.05, 0) is 24.3 Å². The first-order chi connectivity index (χ1) is 13.9. The van der Waals surface area contributed by atoms with Crippen LogP contribution >= 0.6 is 0 Å². The third-order valence-electron chi connectivity index (χ3n) is 4.08. The van der Waals surface area contributed by atoms with Gasteiger partial charge < -0.3 is 4.74 Å². The molecule has 0 atom stereocenters. The maximum Gasteiger partial charge on any atom is 0.437 e. The van der Waals surface area contributed by atoms with Gasteiger partial charge in [-0.3, -0.25) is 10.3 Å². The van der Waals surface area contributed by atoms with Crippen molar-refractivity contribution in [2.75, 3.05) is 5.32 Å². The molecule has 0 bridgehead atoms. The summed E-state index contributed by atoms with van der Waals surface area (Å²) in [6.45, 7) is 0. The van der Waals surface area contributed by atoms with E-state index in [1.807, 2.05) is 0 Å². The van der Waals surface area contributed by atoms with Crippen LogP contribution in [0, 0.1) is 0 Å². The van der Waals surface area contributed by atoms with Gasteiger partial charge in [0.15, 0.2) is 11.4 Å². The quantitative estimate of drug-likeness (QED) is 0.524. The third-order valence-corrected chi connectivity index (χ3v) is 4.08. The molecule has 0 aliphatic rings. The molecule has 0 aliphatic heterocycles. The molecular formula is C20H13F3N4O2. The van der Waals surface area contributed by atoms with E-state index in [1.165, 1.54) is 12.1 Å². The van der Waals surface area contributed by atoms with Crippen LogP contribution in [0.1, 0.15) is 5.69 Å². The fourth-order valence-electron chi connectivity index (χ4n) is 2.87. The number of hydrogen-bond acceptors (Lipinski definition) is 4. The van der Waals surface area contributed by atoms with Gasteiger partial charge in [-0.25, -0.2) is 9.48 Å². The van der Waals surface area contributed by atoms with Crippen molar-refractivity contribution in [2.45, 2.75) is 6.18 Å². The molecule has 2 aromatic carbocycles. The lowest BCUT2D eigenvalue weighted by Gasteiger charge is -2.13. The number of benzene rings is 2. The fourth-order valence-corrected chi connectivity index (χ4v) is 2.87. The summed E-state index contributed by atoms with van der Waals surface area (Å²) in [4.78, 5) is 16.5. The Morgan fingerprint density at radius 2 is 1.76 bits per heavy atom. The lowest BCUT2D eigenvalue weighted by atomic mass is 10.2. The Labute approximate surface area is 162 Å². The average Bonchev–Trinajstić information content (AvgIpc) is 3.13. The molecule has 0 fully saturated rings. The highest BCUT2D eigenvalue weighted by Crippen LogP contribution is 2.37. The second-order valence-corrected chi connectivity index (χ2v) is 6.00. The molecule has 0 saturated carbocycles. The van der Waals surface area contributed by atoms with Crippen LogP contribution in [0.5, 0.6) is 5.75 Å². The topological polar surface area (TPSA) is 69.0 Å². The zero-order valence-electron chi connectivity index (χ0n) is 14.7. The number of nitrogens with one attached hydrogen (secondary N) is 1. The van der Waals surface area contributed by atoms with E-state index in [1.54, 1.807) is 54.7 Å². The monoisotopic (exact) mass is 398 g/mol. The molecule has 2 aromatic heterocycles. The highest BCUT2D eigenvalue weighted by Gasteiger charge is 2.40. The first-order valence-corrected chi connectivity index (χ1v) is 8.47. The Hall–Kier alpha value is -3.88. The normalized spacial score (nSPS) is 11.4. The van der Waals surface area contributed by atoms with E-state index in [4.69, 9.17) is 4.74 Å². The first kappa shape index (κ1) is 18.5. The van der Waals surface area contributed by atoms with E-state index in [0.29, 0.717) is 15.9 Å². The maximum atomic E-state index is 13.6. The molecule has 0 radical (unpaired) electrons. The number of amides is 1. The van der Waals surface area contributed by atoms with Crippen molar-refractivity contribution in [3.63, 3.8) is 0 Å². The van der Waals surface area contributed by atoms with Crippen LogP contribution in [0.15, 0.2) is 73.1 Å². The largest absolute Gasteiger partial charge is 0.437 e. The fraction of sp³-hybridized carbons (Fsp3) is 0.0500. The maximum absolute atomic E-state index is 13.6. The van der Waals surface area contributed by atoms with Gasteiger partial charge in [0.25, 0.3) is 0 Å². The number of fused-ring (bicyclic) bond motifs is 1. The zero-order valence-corrected chi connectivity index (χ0v) is 14.7. The summed E-state index contributed by atoms with van der Waals surface area (Å²) in [6, 6.07) is 16.4. The van der Waals surface area contributed by atoms with Gasteiger partial charge in [-0.15, -0.1) is 0 Å². The second kappa shape index (κ2) is 7.27. The summed E-state index contributed by atoms with van der Waals surface area (Å²) in [5.74, 6) is -0.702. The molecule has 0 saturated heterocycles. The van der Waals surface area contributed by atoms with Gasteiger partial charge in [-0.1, -0.05) is 36.4 Å². The van der Waals surface area contributed by atoms with Crippen LogP contribution in [-0.2, 0) is 6.18 Å². The van der Waals surface area contributed by atoms with Crippen molar-refractivity contribution in [2.24, 2.45) is 0 Å². The average molecular weight is 398 g/mol. The predicted molar refractivity (Wildman–Crippen MR) is 100.0 cm³/mol. The number of alkyl halides is 3. The minimum atomic E-state index is -4.79. The van der Waals surface area contributed by atoms with Crippen LogP contribution in [0.3, 0.4) is 0 Å². The molecule has 1 N–H and O–H groups in total. The van der Waals surface area contributed by atoms with E-state index in [9.17, 15) is 18.0 Å². The number of pyridine rings is 1. The van der Waals surface area contributed by atoms with Crippen molar-refractivity contribution < 1.29 is 22.7 Å². The Balaban J connectivity index is 1.64. The first-order valence-electron chi connectivity index (χ1n) is 8.47. The van der Waals surface area contributed by atoms with Crippen LogP contribution in [0.2, 0.25) is 0 Å². The molecule has 146 valence electrons. The summed E-state index contributed by atoms with van der Waals surface area (Å²) in [7, 11) is 0. The second-order valence-electron chi connectivity index (χ2n) is 6.00. The van der Waals surface area contributed by atoms with Crippen LogP contribution < -0.4 is 10.1 Å². The highest BCUT2D eigenvalue weighted by atomic mass is 19.4. The van der Waals surface area contributed by atoms with Gasteiger partial charge >= 0.3 is 12.3 Å². The number of para-hydroxylation sites is 2. The summed E-state index contributed by atoms with van der Waals surface area (Å²) in [6.07, 6.45) is -3.47. The minimum Gasteiger partial charge on any atom is -0.406 e. The van der Waals surface area contributed by atoms with Crippen molar-refractivity contribution in [3.05, 3.63) is 78.8 Å². The van der Waals surface area contributed by atoms with E-state index in [-0.39, 0.29) is 5.69 Å². The number of carbonyl (C=O) groups excluding carboxylic acids is 1. The van der Waals surface area contributed by atoms with Crippen molar-refractivity contribution in [1.29, 1.82) is 0 Å². The Kier molecular flexibility index (Phi) is 4.63. The van der Waals surface area contributed by atoms with E-state index in [2.05, 4.69) is 15.4 Å². The lowest BCUT2D eigenvalue weighted by molar-refractivity contribution is -0.143. The molecular weight excluding hydrogens is 385 g/mol. The summed E-state index contributed by atoms with van der Waals surface area (Å²) >= 11 is 0. The van der Waals surface area contributed by atoms with Crippen molar-refractivity contribution in [3.8, 4) is 11.4 Å². The number of hydrogen-bond donors (Lipinski definition) is 1. The summed E-state index contributed by atoms with van der Waals surface area (Å²) in [5, 5.41) is 6.94. The highest BCUT2D eigenvalue weighted by molar-refractivity contribution is 5.98. The molecule has 4 rings (SSSR count). The number of carbonyl (C=O) groups is 1. The van der Waals surface area contributed by atoms with Crippen LogP contribution in [-0.4, -0.2) is 20.9 Å². The lowest BCUT2D eigenvalue weighted by Crippen LogP contribution is -2.20. The van der Waals surface area contributed by atoms with Gasteiger partial charge in [0.05, 0.1) is 23.1 Å². The molecule has 6 nitrogen and oxygen atoms in total. The van der Waals surface area contributed by atoms with E-state index >= 15 is 0 Å². The zero-order chi connectivity index (χ0) is 20.4. The summed E-state index contributed by atoms with van der Waals surface area (Å²) < 4.78 is 46.5. The third kappa shape index (κ3) is 3.75. The Morgan fingerprint density at radius 3 is 2.52 bits per heavy atom. The molecule has 4 aromatic rings. The molecule has 0 unspecified atom stereocenters. The number of rotatable bonds is 3. The van der Waals surface area contributed by atoms with Gasteiger partial charge in [-0.2, -0.15) is 18.3 Å². The number of ether oxygens (including phenoxy) is 1. The smallest absolute Gasteiger partial charge is 0.406 e. The van der Waals surface area contributed by atoms with Crippen LogP contribution in [0.25, 0.3) is 16.6 Å². The molecule has 2 heterocycles. The van der Waals surface area contributed by atoms with Crippen LogP contribution in [0.4, 0.5) is 23.7 Å². The van der Waals surface area contributed by atoms with E-state index in [0.717, 1.165) is 11.6 Å². The SMILES string of the molecule is O=C(Nc1cccc2cccnc12)Oc1cnn(-c2ccccc2)c1C(F)(F)F. The molecule has 1 amide bonds. The standard InChI is InChI=1S/C20H13F3N4O2/c21-20(22,23)18-16(12-25-27(18)14-8-2-1-3-9-14)29-19(28)26-15-10-4-6-13-7-5-11-24-17(13)15/h1-12H,(H,26,28). The number of halogens is 3. The Morgan fingerprint density at radius 1 is 1.00 bits per heavy atom. The molecule has 29 heavy (non-hydrogen) atoms. The van der Waals surface area contributed by atoms with Gasteiger partial charge in [0.2, 0.25) is 0 Å². The number of aromatic nitrogens is 3. The molecule has 0 aliphatic carbocycles.